The maximum Gasteiger partial charge on any atom is 0.225 e. The number of fused-ring (bicyclic) bond motifs is 1. The molecule has 142 valence electrons. The van der Waals surface area contributed by atoms with E-state index in [9.17, 15) is 0 Å². The Morgan fingerprint density at radius 1 is 1.04 bits per heavy atom. The van der Waals surface area contributed by atoms with Crippen molar-refractivity contribution in [3.05, 3.63) is 70.6 Å². The largest absolute Gasteiger partial charge is 0.356 e. The van der Waals surface area contributed by atoms with Crippen LogP contribution in [0.25, 0.3) is 21.3 Å². The van der Waals surface area contributed by atoms with E-state index in [2.05, 4.69) is 70.1 Å². The molecule has 0 unspecified atom stereocenters. The predicted octanol–water partition coefficient (Wildman–Crippen LogP) is 5.78. The third-order valence-corrected chi connectivity index (χ3v) is 6.01. The highest BCUT2D eigenvalue weighted by molar-refractivity contribution is 7.19. The fourth-order valence-corrected chi connectivity index (χ4v) is 4.73. The Balaban J connectivity index is 1.80. The first-order valence-electron chi connectivity index (χ1n) is 9.33. The number of likely N-dealkylation sites (N-methyl/N-ethyl adjacent to an activating group) is 1. The molecule has 0 aliphatic heterocycles. The third kappa shape index (κ3) is 3.73. The monoisotopic (exact) mass is 408 g/mol. The number of benzene rings is 1. The van der Waals surface area contributed by atoms with Crippen LogP contribution in [0.3, 0.4) is 0 Å². The van der Waals surface area contributed by atoms with Crippen LogP contribution in [-0.4, -0.2) is 28.0 Å². The lowest BCUT2D eigenvalue weighted by Gasteiger charge is -2.23. The van der Waals surface area contributed by atoms with Gasteiger partial charge in [-0.15, -0.1) is 11.3 Å². The molecule has 0 spiro atoms. The van der Waals surface area contributed by atoms with Gasteiger partial charge in [0.25, 0.3) is 0 Å². The predicted molar refractivity (Wildman–Crippen MR) is 118 cm³/mol. The van der Waals surface area contributed by atoms with Crippen LogP contribution in [0.5, 0.6) is 0 Å². The molecule has 4 aromatic rings. The highest BCUT2D eigenvalue weighted by Gasteiger charge is 2.21. The summed E-state index contributed by atoms with van der Waals surface area (Å²) in [5.74, 6) is 0.912. The maximum atomic E-state index is 6.30. The molecule has 6 heteroatoms. The molecule has 3 aromatic heterocycles. The lowest BCUT2D eigenvalue weighted by atomic mass is 10.0. The van der Waals surface area contributed by atoms with Gasteiger partial charge in [0, 0.05) is 35.9 Å². The summed E-state index contributed by atoms with van der Waals surface area (Å²) in [6.07, 6.45) is 4.59. The molecule has 3 heterocycles. The van der Waals surface area contributed by atoms with Crippen LogP contribution in [-0.2, 0) is 6.42 Å². The number of halogens is 1. The van der Waals surface area contributed by atoms with Gasteiger partial charge in [0.15, 0.2) is 0 Å². The van der Waals surface area contributed by atoms with E-state index in [-0.39, 0.29) is 0 Å². The Kier molecular flexibility index (Phi) is 5.55. The van der Waals surface area contributed by atoms with E-state index in [4.69, 9.17) is 11.6 Å². The fourth-order valence-electron chi connectivity index (χ4n) is 3.48. The van der Waals surface area contributed by atoms with Crippen LogP contribution in [0.2, 0.25) is 5.28 Å². The van der Waals surface area contributed by atoms with Crippen LogP contribution in [0.15, 0.2) is 54.9 Å². The zero-order chi connectivity index (χ0) is 19.5. The van der Waals surface area contributed by atoms with E-state index in [1.165, 1.54) is 21.6 Å². The van der Waals surface area contributed by atoms with Crippen LogP contribution < -0.4 is 4.90 Å². The summed E-state index contributed by atoms with van der Waals surface area (Å²) in [6.45, 7) is 5.98. The van der Waals surface area contributed by atoms with Crippen LogP contribution >= 0.6 is 22.9 Å². The molecule has 0 aliphatic carbocycles. The summed E-state index contributed by atoms with van der Waals surface area (Å²) >= 11 is 7.97. The van der Waals surface area contributed by atoms with Crippen molar-refractivity contribution in [2.45, 2.75) is 20.3 Å². The molecular formula is C22H21ClN4S. The standard InChI is InChI=1S/C22H21ClN4S/c1-3-27(14-11-16-9-12-24-13-10-16)20-19-18(17-7-5-4-6-8-17)15(2)28-21(19)26-22(23)25-20/h4-10,12-13H,3,11,14H2,1-2H3. The Morgan fingerprint density at radius 3 is 2.50 bits per heavy atom. The zero-order valence-electron chi connectivity index (χ0n) is 15.9. The summed E-state index contributed by atoms with van der Waals surface area (Å²) in [7, 11) is 0. The molecule has 0 bridgehead atoms. The third-order valence-electron chi connectivity index (χ3n) is 4.84. The van der Waals surface area contributed by atoms with Gasteiger partial charge in [-0.2, -0.15) is 4.98 Å². The van der Waals surface area contributed by atoms with Gasteiger partial charge < -0.3 is 4.90 Å². The topological polar surface area (TPSA) is 41.9 Å². The van der Waals surface area contributed by atoms with Crippen molar-refractivity contribution in [2.24, 2.45) is 0 Å². The second-order valence-electron chi connectivity index (χ2n) is 6.58. The van der Waals surface area contributed by atoms with Crippen LogP contribution in [0, 0.1) is 6.92 Å². The molecule has 0 atom stereocenters. The van der Waals surface area contributed by atoms with Crippen LogP contribution in [0.1, 0.15) is 17.4 Å². The van der Waals surface area contributed by atoms with Gasteiger partial charge in [0.2, 0.25) is 5.28 Å². The molecule has 0 aliphatic rings. The average Bonchev–Trinajstić information content (AvgIpc) is 3.05. The van der Waals surface area contributed by atoms with Crippen molar-refractivity contribution in [1.82, 2.24) is 15.0 Å². The number of nitrogens with zero attached hydrogens (tertiary/aromatic N) is 4. The maximum absolute atomic E-state index is 6.30. The molecule has 1 aromatic carbocycles. The Morgan fingerprint density at radius 2 is 1.79 bits per heavy atom. The second kappa shape index (κ2) is 8.25. The molecule has 4 rings (SSSR count). The van der Waals surface area contributed by atoms with E-state index in [1.807, 2.05) is 18.5 Å². The van der Waals surface area contributed by atoms with Gasteiger partial charge in [-0.1, -0.05) is 30.3 Å². The molecular weight excluding hydrogens is 388 g/mol. The van der Waals surface area contributed by atoms with Crippen LogP contribution in [0.4, 0.5) is 5.82 Å². The van der Waals surface area contributed by atoms with Gasteiger partial charge in [0.05, 0.1) is 5.39 Å². The van der Waals surface area contributed by atoms with Gasteiger partial charge in [-0.05, 0) is 55.1 Å². The summed E-state index contributed by atoms with van der Waals surface area (Å²) in [4.78, 5) is 17.7. The molecule has 0 fully saturated rings. The summed E-state index contributed by atoms with van der Waals surface area (Å²) in [6, 6.07) is 14.6. The lowest BCUT2D eigenvalue weighted by Crippen LogP contribution is -2.26. The first-order valence-corrected chi connectivity index (χ1v) is 10.5. The van der Waals surface area contributed by atoms with E-state index in [1.54, 1.807) is 11.3 Å². The highest BCUT2D eigenvalue weighted by atomic mass is 35.5. The average molecular weight is 409 g/mol. The van der Waals surface area contributed by atoms with E-state index in [0.29, 0.717) is 5.28 Å². The van der Waals surface area contributed by atoms with E-state index >= 15 is 0 Å². The minimum atomic E-state index is 0.297. The minimum absolute atomic E-state index is 0.297. The van der Waals surface area contributed by atoms with Gasteiger partial charge in [0.1, 0.15) is 10.6 Å². The number of hydrogen-bond acceptors (Lipinski definition) is 5. The quantitative estimate of drug-likeness (QED) is 0.379. The first kappa shape index (κ1) is 18.8. The van der Waals surface area contributed by atoms with Crippen molar-refractivity contribution in [3.8, 4) is 11.1 Å². The SMILES string of the molecule is CCN(CCc1ccncc1)c1nc(Cl)nc2sc(C)c(-c3ccccc3)c12. The number of aromatic nitrogens is 3. The van der Waals surface area contributed by atoms with Crippen molar-refractivity contribution in [3.63, 3.8) is 0 Å². The molecule has 28 heavy (non-hydrogen) atoms. The molecule has 0 saturated carbocycles. The van der Waals surface area contributed by atoms with E-state index in [0.717, 1.165) is 35.5 Å². The number of hydrogen-bond donors (Lipinski definition) is 0. The number of pyridine rings is 1. The Bertz CT molecular complexity index is 1080. The normalized spacial score (nSPS) is 11.1. The Hall–Kier alpha value is -2.50. The Labute approximate surface area is 173 Å². The molecule has 0 radical (unpaired) electrons. The minimum Gasteiger partial charge on any atom is -0.356 e. The van der Waals surface area contributed by atoms with Crippen molar-refractivity contribution in [2.75, 3.05) is 18.0 Å². The van der Waals surface area contributed by atoms with E-state index < -0.39 is 0 Å². The van der Waals surface area contributed by atoms with Gasteiger partial charge in [-0.3, -0.25) is 4.98 Å². The van der Waals surface area contributed by atoms with Crippen molar-refractivity contribution in [1.29, 1.82) is 0 Å². The van der Waals surface area contributed by atoms with Gasteiger partial charge >= 0.3 is 0 Å². The summed E-state index contributed by atoms with van der Waals surface area (Å²) < 4.78 is 0. The first-order chi connectivity index (χ1) is 13.7. The molecule has 4 nitrogen and oxygen atoms in total. The molecule has 0 amide bonds. The zero-order valence-corrected chi connectivity index (χ0v) is 17.5. The van der Waals surface area contributed by atoms with Crippen molar-refractivity contribution < 1.29 is 0 Å². The number of rotatable bonds is 6. The summed E-state index contributed by atoms with van der Waals surface area (Å²) in [5, 5.41) is 1.39. The lowest BCUT2D eigenvalue weighted by molar-refractivity contribution is 0.796. The number of aryl methyl sites for hydroxylation is 1. The number of thiophene rings is 1. The molecule has 0 saturated heterocycles. The fraction of sp³-hybridized carbons (Fsp3) is 0.227. The van der Waals surface area contributed by atoms with Crippen molar-refractivity contribution >= 4 is 39.0 Å². The number of anilines is 1. The second-order valence-corrected chi connectivity index (χ2v) is 8.12. The smallest absolute Gasteiger partial charge is 0.225 e. The molecule has 0 N–H and O–H groups in total. The van der Waals surface area contributed by atoms with Gasteiger partial charge in [-0.25, -0.2) is 4.98 Å². The highest BCUT2D eigenvalue weighted by Crippen LogP contribution is 2.42. The summed E-state index contributed by atoms with van der Waals surface area (Å²) in [5.41, 5.74) is 3.65.